The van der Waals surface area contributed by atoms with Crippen molar-refractivity contribution in [2.24, 2.45) is 0 Å². The van der Waals surface area contributed by atoms with E-state index in [1.807, 2.05) is 0 Å². The third-order valence-electron chi connectivity index (χ3n) is 12.5. The van der Waals surface area contributed by atoms with Crippen molar-refractivity contribution in [2.75, 3.05) is 4.90 Å². The molecule has 0 aliphatic carbocycles. The molecule has 11 rings (SSSR count). The van der Waals surface area contributed by atoms with Crippen LogP contribution in [0, 0.1) is 13.8 Å². The largest absolute Gasteiger partial charge is 0.309 e. The first-order valence-electron chi connectivity index (χ1n) is 19.8. The highest BCUT2D eigenvalue weighted by atomic mass is 28.3. The van der Waals surface area contributed by atoms with E-state index in [1.54, 1.807) is 0 Å². The Hall–Kier alpha value is -6.48. The van der Waals surface area contributed by atoms with Crippen molar-refractivity contribution in [3.63, 3.8) is 0 Å². The molecule has 0 atom stereocenters. The Labute approximate surface area is 329 Å². The summed E-state index contributed by atoms with van der Waals surface area (Å²) in [5.41, 5.74) is 11.4. The van der Waals surface area contributed by atoms with Crippen LogP contribution in [0.25, 0.3) is 76.1 Å². The lowest BCUT2D eigenvalue weighted by Crippen LogP contribution is -2.49. The molecule has 0 saturated carbocycles. The average molecular weight is 732 g/mol. The predicted molar refractivity (Wildman–Crippen MR) is 246 cm³/mol. The molecular formula is C54H41NSi. The highest BCUT2D eigenvalue weighted by molar-refractivity contribution is 7.04. The van der Waals surface area contributed by atoms with E-state index in [2.05, 4.69) is 208 Å². The summed E-state index contributed by atoms with van der Waals surface area (Å²) in [6.07, 6.45) is 0. The zero-order valence-electron chi connectivity index (χ0n) is 32.2. The minimum Gasteiger partial charge on any atom is -0.309 e. The van der Waals surface area contributed by atoms with Gasteiger partial charge in [0.05, 0.1) is 5.69 Å². The van der Waals surface area contributed by atoms with Gasteiger partial charge in [-0.1, -0.05) is 170 Å². The predicted octanol–water partition coefficient (Wildman–Crippen LogP) is 14.0. The maximum absolute atomic E-state index is 2.57. The van der Waals surface area contributed by atoms with Crippen LogP contribution in [0.2, 0.25) is 13.1 Å². The molecule has 0 saturated heterocycles. The molecule has 1 aliphatic heterocycles. The number of rotatable bonds is 4. The normalized spacial score (nSPS) is 13.1. The van der Waals surface area contributed by atoms with Gasteiger partial charge in [-0.25, -0.2) is 0 Å². The summed E-state index contributed by atoms with van der Waals surface area (Å²) in [4.78, 5) is 2.46. The smallest absolute Gasteiger partial charge is 0.113 e. The second kappa shape index (κ2) is 12.3. The average Bonchev–Trinajstić information content (AvgIpc) is 3.45. The lowest BCUT2D eigenvalue weighted by molar-refractivity contribution is 1.29. The second-order valence-electron chi connectivity index (χ2n) is 16.2. The molecule has 10 aromatic carbocycles. The Bertz CT molecular complexity index is 3130. The fourth-order valence-corrected chi connectivity index (χ4v) is 12.8. The summed E-state index contributed by atoms with van der Waals surface area (Å²) in [5, 5.41) is 16.1. The second-order valence-corrected chi connectivity index (χ2v) is 20.6. The number of benzene rings is 10. The van der Waals surface area contributed by atoms with E-state index >= 15 is 0 Å². The lowest BCUT2D eigenvalue weighted by Gasteiger charge is -2.30. The van der Waals surface area contributed by atoms with Crippen LogP contribution < -0.4 is 15.3 Å². The highest BCUT2D eigenvalue weighted by Crippen LogP contribution is 2.48. The monoisotopic (exact) mass is 731 g/mol. The summed E-state index contributed by atoms with van der Waals surface area (Å²) < 4.78 is 0. The van der Waals surface area contributed by atoms with Gasteiger partial charge >= 0.3 is 0 Å². The molecule has 10 aromatic rings. The van der Waals surface area contributed by atoms with Crippen molar-refractivity contribution >= 4 is 89.4 Å². The van der Waals surface area contributed by atoms with Gasteiger partial charge in [0.25, 0.3) is 0 Å². The molecule has 0 amide bonds. The van der Waals surface area contributed by atoms with Crippen molar-refractivity contribution < 1.29 is 0 Å². The summed E-state index contributed by atoms with van der Waals surface area (Å²) in [6, 6.07) is 66.4. The van der Waals surface area contributed by atoms with Crippen LogP contribution in [-0.4, -0.2) is 8.07 Å². The van der Waals surface area contributed by atoms with Crippen LogP contribution >= 0.6 is 0 Å². The van der Waals surface area contributed by atoms with E-state index in [4.69, 9.17) is 0 Å². The first kappa shape index (κ1) is 32.9. The summed E-state index contributed by atoms with van der Waals surface area (Å²) in [7, 11) is -2.09. The zero-order chi connectivity index (χ0) is 37.7. The van der Waals surface area contributed by atoms with E-state index in [0.717, 1.165) is 11.4 Å². The number of hydrogen-bond acceptors (Lipinski definition) is 1. The standard InChI is InChI=1S/C54H41NSi/c1-34-21-26-37(27-22-34)55(38-28-23-35(2)24-29-38)54-46-19-11-9-17-44(46)53(45-18-10-12-20-47(45)54)36-25-30-43-50-32-48-41-15-7-5-13-39(41)40-14-6-8-16-42(40)49(48)33-52(50)56(3,4)51(43)31-36/h5-33H,1-4H3. The fraction of sp³-hybridized carbons (Fsp3) is 0.0741. The van der Waals surface area contributed by atoms with E-state index < -0.39 is 8.07 Å². The minimum atomic E-state index is -2.09. The van der Waals surface area contributed by atoms with Crippen LogP contribution in [0.4, 0.5) is 17.1 Å². The van der Waals surface area contributed by atoms with Gasteiger partial charge in [-0.3, -0.25) is 0 Å². The third-order valence-corrected chi connectivity index (χ3v) is 16.1. The molecule has 0 bridgehead atoms. The quantitative estimate of drug-likeness (QED) is 0.0990. The molecule has 1 heterocycles. The van der Waals surface area contributed by atoms with Crippen LogP contribution in [0.1, 0.15) is 11.1 Å². The van der Waals surface area contributed by atoms with Crippen molar-refractivity contribution in [3.05, 3.63) is 187 Å². The number of aryl methyl sites for hydroxylation is 2. The first-order valence-corrected chi connectivity index (χ1v) is 22.8. The molecule has 0 fully saturated rings. The highest BCUT2D eigenvalue weighted by Gasteiger charge is 2.38. The Morgan fingerprint density at radius 2 is 0.768 bits per heavy atom. The summed E-state index contributed by atoms with van der Waals surface area (Å²) in [5.74, 6) is 0. The minimum absolute atomic E-state index is 1.15. The van der Waals surface area contributed by atoms with Gasteiger partial charge in [-0.05, 0) is 120 Å². The fourth-order valence-electron chi connectivity index (χ4n) is 9.74. The van der Waals surface area contributed by atoms with Crippen LogP contribution in [0.3, 0.4) is 0 Å². The molecule has 1 nitrogen and oxygen atoms in total. The molecule has 0 radical (unpaired) electrons. The van der Waals surface area contributed by atoms with Gasteiger partial charge in [-0.2, -0.15) is 0 Å². The maximum Gasteiger partial charge on any atom is 0.113 e. The summed E-state index contributed by atoms with van der Waals surface area (Å²) in [6.45, 7) is 9.42. The number of fused-ring (bicyclic) bond motifs is 11. The van der Waals surface area contributed by atoms with Crippen molar-refractivity contribution in [3.8, 4) is 22.3 Å². The number of nitrogens with zero attached hydrogens (tertiary/aromatic N) is 1. The topological polar surface area (TPSA) is 3.24 Å². The first-order chi connectivity index (χ1) is 27.4. The molecule has 0 spiro atoms. The molecule has 0 aromatic heterocycles. The van der Waals surface area contributed by atoms with E-state index in [-0.39, 0.29) is 0 Å². The van der Waals surface area contributed by atoms with Crippen molar-refractivity contribution in [2.45, 2.75) is 26.9 Å². The van der Waals surface area contributed by atoms with Gasteiger partial charge in [0.2, 0.25) is 0 Å². The van der Waals surface area contributed by atoms with Gasteiger partial charge in [0.15, 0.2) is 0 Å². The Morgan fingerprint density at radius 1 is 0.357 bits per heavy atom. The molecule has 1 aliphatic rings. The number of hydrogen-bond donors (Lipinski definition) is 0. The van der Waals surface area contributed by atoms with Crippen LogP contribution in [0.15, 0.2) is 176 Å². The Morgan fingerprint density at radius 3 is 1.27 bits per heavy atom. The molecule has 2 heteroatoms. The SMILES string of the molecule is Cc1ccc(N(c2ccc(C)cc2)c2c3ccccc3c(-c3ccc4c(c3)[Si](C)(C)c3cc5c6ccccc6c6ccccc6c5cc3-4)c3ccccc23)cc1. The van der Waals surface area contributed by atoms with Crippen molar-refractivity contribution in [1.82, 2.24) is 0 Å². The van der Waals surface area contributed by atoms with E-state index in [0.29, 0.717) is 0 Å². The van der Waals surface area contributed by atoms with Gasteiger partial charge in [0.1, 0.15) is 8.07 Å². The van der Waals surface area contributed by atoms with E-state index in [9.17, 15) is 0 Å². The molecule has 0 N–H and O–H groups in total. The van der Waals surface area contributed by atoms with E-state index in [1.165, 1.54) is 103 Å². The Kier molecular flexibility index (Phi) is 7.21. The molecule has 266 valence electrons. The van der Waals surface area contributed by atoms with Crippen LogP contribution in [0.5, 0.6) is 0 Å². The maximum atomic E-state index is 2.57. The van der Waals surface area contributed by atoms with Gasteiger partial charge < -0.3 is 4.90 Å². The lowest BCUT2D eigenvalue weighted by atomic mass is 9.88. The Balaban J connectivity index is 1.16. The van der Waals surface area contributed by atoms with Crippen LogP contribution in [-0.2, 0) is 0 Å². The zero-order valence-corrected chi connectivity index (χ0v) is 33.2. The van der Waals surface area contributed by atoms with Gasteiger partial charge in [0, 0.05) is 22.1 Å². The number of anilines is 3. The molecule has 0 unspecified atom stereocenters. The van der Waals surface area contributed by atoms with Gasteiger partial charge in [-0.15, -0.1) is 0 Å². The molecular weight excluding hydrogens is 691 g/mol. The molecule has 56 heavy (non-hydrogen) atoms. The third kappa shape index (κ3) is 4.79. The summed E-state index contributed by atoms with van der Waals surface area (Å²) >= 11 is 0. The van der Waals surface area contributed by atoms with Crippen molar-refractivity contribution in [1.29, 1.82) is 0 Å².